The van der Waals surface area contributed by atoms with E-state index in [1.165, 1.54) is 27.8 Å². The predicted molar refractivity (Wildman–Crippen MR) is 71.6 cm³/mol. The number of fused-ring (bicyclic) bond motifs is 4. The van der Waals surface area contributed by atoms with Gasteiger partial charge in [-0.1, -0.05) is 42.5 Å². The minimum atomic E-state index is 1.07. The number of hydrogen-bond acceptors (Lipinski definition) is 1. The third-order valence-corrected chi connectivity index (χ3v) is 3.44. The molecule has 0 atom stereocenters. The average molecular weight is 217 g/mol. The summed E-state index contributed by atoms with van der Waals surface area (Å²) in [6.07, 6.45) is 3.11. The first-order chi connectivity index (χ1) is 8.43. The molecule has 4 rings (SSSR count). The van der Waals surface area contributed by atoms with Gasteiger partial charge in [0.15, 0.2) is 0 Å². The molecule has 1 aliphatic carbocycles. The molecule has 0 radical (unpaired) electrons. The van der Waals surface area contributed by atoms with Crippen molar-refractivity contribution in [2.24, 2.45) is 4.99 Å². The summed E-state index contributed by atoms with van der Waals surface area (Å²) in [5.74, 6) is 0. The summed E-state index contributed by atoms with van der Waals surface area (Å²) in [6.45, 7) is 0. The van der Waals surface area contributed by atoms with Crippen LogP contribution in [0.15, 0.2) is 59.1 Å². The Kier molecular flexibility index (Phi) is 1.67. The third kappa shape index (κ3) is 1.29. The SMILES string of the molecule is C1=Nc2ccccc2-c2ccccc2C2=C1C2. The van der Waals surface area contributed by atoms with Gasteiger partial charge in [0.05, 0.1) is 5.69 Å². The molecule has 2 aromatic rings. The number of rotatable bonds is 0. The molecule has 2 aliphatic rings. The number of hydrogen-bond donors (Lipinski definition) is 0. The number of para-hydroxylation sites is 1. The van der Waals surface area contributed by atoms with Gasteiger partial charge in [0.1, 0.15) is 0 Å². The van der Waals surface area contributed by atoms with Crippen molar-refractivity contribution in [3.63, 3.8) is 0 Å². The summed E-state index contributed by atoms with van der Waals surface area (Å²) in [6, 6.07) is 17.0. The molecule has 1 heteroatoms. The largest absolute Gasteiger partial charge is 0.256 e. The van der Waals surface area contributed by atoms with E-state index < -0.39 is 0 Å². The van der Waals surface area contributed by atoms with Crippen LogP contribution in [-0.4, -0.2) is 6.21 Å². The molecule has 0 aromatic heterocycles. The van der Waals surface area contributed by atoms with Crippen molar-refractivity contribution in [3.8, 4) is 11.1 Å². The minimum Gasteiger partial charge on any atom is -0.256 e. The third-order valence-electron chi connectivity index (χ3n) is 3.44. The predicted octanol–water partition coefficient (Wildman–Crippen LogP) is 4.23. The summed E-state index contributed by atoms with van der Waals surface area (Å²) in [5, 5.41) is 0. The first-order valence-electron chi connectivity index (χ1n) is 5.88. The first kappa shape index (κ1) is 8.94. The van der Waals surface area contributed by atoms with Crippen LogP contribution in [0, 0.1) is 0 Å². The fourth-order valence-electron chi connectivity index (χ4n) is 2.48. The van der Waals surface area contributed by atoms with Crippen LogP contribution in [-0.2, 0) is 0 Å². The van der Waals surface area contributed by atoms with Crippen LogP contribution in [0.3, 0.4) is 0 Å². The van der Waals surface area contributed by atoms with Crippen molar-refractivity contribution in [1.82, 2.24) is 0 Å². The second-order valence-corrected chi connectivity index (χ2v) is 4.50. The highest BCUT2D eigenvalue weighted by molar-refractivity contribution is 6.08. The quantitative estimate of drug-likeness (QED) is 0.626. The van der Waals surface area contributed by atoms with Crippen molar-refractivity contribution in [2.75, 3.05) is 0 Å². The average Bonchev–Trinajstić information content (AvgIpc) is 3.14. The van der Waals surface area contributed by atoms with Gasteiger partial charge < -0.3 is 0 Å². The van der Waals surface area contributed by atoms with Gasteiger partial charge in [-0.05, 0) is 28.3 Å². The van der Waals surface area contributed by atoms with Crippen LogP contribution in [0.1, 0.15) is 12.0 Å². The van der Waals surface area contributed by atoms with Crippen molar-refractivity contribution in [1.29, 1.82) is 0 Å². The normalized spacial score (nSPS) is 15.5. The molecule has 80 valence electrons. The Morgan fingerprint density at radius 1 is 0.765 bits per heavy atom. The lowest BCUT2D eigenvalue weighted by Gasteiger charge is -2.10. The van der Waals surface area contributed by atoms with Crippen LogP contribution >= 0.6 is 0 Å². The van der Waals surface area contributed by atoms with Gasteiger partial charge in [0.25, 0.3) is 0 Å². The van der Waals surface area contributed by atoms with Crippen molar-refractivity contribution < 1.29 is 0 Å². The van der Waals surface area contributed by atoms with E-state index in [0.29, 0.717) is 0 Å². The van der Waals surface area contributed by atoms with Gasteiger partial charge in [-0.15, -0.1) is 0 Å². The molecule has 2 aromatic carbocycles. The van der Waals surface area contributed by atoms with Crippen LogP contribution in [0.5, 0.6) is 0 Å². The molecule has 0 saturated carbocycles. The number of allylic oxidation sites excluding steroid dienone is 2. The zero-order valence-electron chi connectivity index (χ0n) is 9.35. The number of nitrogens with zero attached hydrogens (tertiary/aromatic N) is 1. The maximum atomic E-state index is 4.59. The van der Waals surface area contributed by atoms with Gasteiger partial charge in [0.2, 0.25) is 0 Å². The van der Waals surface area contributed by atoms with Gasteiger partial charge in [-0.25, -0.2) is 0 Å². The summed E-state index contributed by atoms with van der Waals surface area (Å²) in [4.78, 5) is 4.59. The Labute approximate surface area is 100 Å². The summed E-state index contributed by atoms with van der Waals surface area (Å²) < 4.78 is 0. The summed E-state index contributed by atoms with van der Waals surface area (Å²) >= 11 is 0. The first-order valence-corrected chi connectivity index (χ1v) is 5.88. The fraction of sp³-hybridized carbons (Fsp3) is 0.0625. The molecular weight excluding hydrogens is 206 g/mol. The second-order valence-electron chi connectivity index (χ2n) is 4.50. The molecule has 0 unspecified atom stereocenters. The highest BCUT2D eigenvalue weighted by Gasteiger charge is 2.25. The van der Waals surface area contributed by atoms with Gasteiger partial charge in [-0.2, -0.15) is 0 Å². The Bertz CT molecular complexity index is 677. The molecule has 17 heavy (non-hydrogen) atoms. The summed E-state index contributed by atoms with van der Waals surface area (Å²) in [5.41, 5.74) is 7.83. The zero-order chi connectivity index (χ0) is 11.2. The lowest BCUT2D eigenvalue weighted by Crippen LogP contribution is -1.86. The summed E-state index contributed by atoms with van der Waals surface area (Å²) in [7, 11) is 0. The Hall–Kier alpha value is -2.15. The standard InChI is InChI=1S/C16H11N/c1-2-6-13-12(5-1)14-7-3-4-8-16(14)17-10-11-9-15(11)13/h1-8,10H,9H2. The van der Waals surface area contributed by atoms with Crippen molar-refractivity contribution in [2.45, 2.75) is 6.42 Å². The number of benzene rings is 2. The molecule has 0 spiro atoms. The van der Waals surface area contributed by atoms with Gasteiger partial charge >= 0.3 is 0 Å². The van der Waals surface area contributed by atoms with E-state index >= 15 is 0 Å². The lowest BCUT2D eigenvalue weighted by atomic mass is 9.96. The minimum absolute atomic E-state index is 1.07. The molecule has 1 aliphatic heterocycles. The molecule has 0 amide bonds. The van der Waals surface area contributed by atoms with E-state index in [9.17, 15) is 0 Å². The topological polar surface area (TPSA) is 12.4 Å². The van der Waals surface area contributed by atoms with Crippen LogP contribution < -0.4 is 0 Å². The zero-order valence-corrected chi connectivity index (χ0v) is 9.35. The second kappa shape index (κ2) is 3.17. The Morgan fingerprint density at radius 2 is 1.47 bits per heavy atom. The number of aliphatic imine (C=N–C) groups is 1. The van der Waals surface area contributed by atoms with E-state index in [1.54, 1.807) is 0 Å². The highest BCUT2D eigenvalue weighted by Crippen LogP contribution is 2.46. The molecular formula is C16H11N. The van der Waals surface area contributed by atoms with E-state index in [1.807, 2.05) is 12.3 Å². The monoisotopic (exact) mass is 217 g/mol. The van der Waals surface area contributed by atoms with E-state index in [0.717, 1.165) is 12.1 Å². The molecule has 1 nitrogen and oxygen atoms in total. The van der Waals surface area contributed by atoms with Crippen molar-refractivity contribution >= 4 is 17.5 Å². The molecule has 0 saturated heterocycles. The smallest absolute Gasteiger partial charge is 0.0708 e. The molecule has 0 fully saturated rings. The maximum absolute atomic E-state index is 4.59. The van der Waals surface area contributed by atoms with E-state index in [4.69, 9.17) is 0 Å². The Balaban J connectivity index is 2.09. The van der Waals surface area contributed by atoms with Crippen LogP contribution in [0.2, 0.25) is 0 Å². The van der Waals surface area contributed by atoms with Gasteiger partial charge in [0, 0.05) is 18.2 Å². The van der Waals surface area contributed by atoms with E-state index in [2.05, 4.69) is 47.5 Å². The maximum Gasteiger partial charge on any atom is 0.0708 e. The van der Waals surface area contributed by atoms with Gasteiger partial charge in [-0.3, -0.25) is 4.99 Å². The Morgan fingerprint density at radius 3 is 2.35 bits per heavy atom. The molecule has 0 bridgehead atoms. The highest BCUT2D eigenvalue weighted by atomic mass is 14.7. The van der Waals surface area contributed by atoms with E-state index in [-0.39, 0.29) is 0 Å². The fourth-order valence-corrected chi connectivity index (χ4v) is 2.48. The lowest BCUT2D eigenvalue weighted by molar-refractivity contribution is 1.50. The van der Waals surface area contributed by atoms with Crippen LogP contribution in [0.4, 0.5) is 5.69 Å². The molecule has 0 N–H and O–H groups in total. The van der Waals surface area contributed by atoms with Crippen molar-refractivity contribution in [3.05, 3.63) is 59.7 Å². The van der Waals surface area contributed by atoms with Crippen LogP contribution in [0.25, 0.3) is 16.7 Å². The molecule has 1 heterocycles.